The number of nitrogens with zero attached hydrogens (tertiary/aromatic N) is 1. The topological polar surface area (TPSA) is 95.6 Å². The highest BCUT2D eigenvalue weighted by atomic mass is 32.2. The van der Waals surface area contributed by atoms with Crippen LogP contribution in [0.4, 0.5) is 5.69 Å². The lowest BCUT2D eigenvalue weighted by molar-refractivity contribution is -0.117. The van der Waals surface area contributed by atoms with E-state index in [2.05, 4.69) is 10.6 Å². The summed E-state index contributed by atoms with van der Waals surface area (Å²) in [7, 11) is -0.717. The van der Waals surface area contributed by atoms with Gasteiger partial charge in [-0.05, 0) is 47.4 Å². The number of fused-ring (bicyclic) bond motifs is 1. The fourth-order valence-corrected chi connectivity index (χ4v) is 4.60. The van der Waals surface area contributed by atoms with Crippen molar-refractivity contribution in [2.24, 2.45) is 5.92 Å². The van der Waals surface area contributed by atoms with Gasteiger partial charge in [-0.1, -0.05) is 42.5 Å². The van der Waals surface area contributed by atoms with Crippen LogP contribution in [0.2, 0.25) is 0 Å². The third-order valence-electron chi connectivity index (χ3n) is 5.51. The molecule has 0 aromatic heterocycles. The lowest BCUT2D eigenvalue weighted by Gasteiger charge is -2.16. The summed E-state index contributed by atoms with van der Waals surface area (Å²) in [6.45, 7) is 0.0327. The largest absolute Gasteiger partial charge is 0.348 e. The van der Waals surface area contributed by atoms with E-state index in [1.54, 1.807) is 30.3 Å². The van der Waals surface area contributed by atoms with Gasteiger partial charge in [0, 0.05) is 26.6 Å². The average molecular weight is 452 g/mol. The molecule has 0 bridgehead atoms. The van der Waals surface area contributed by atoms with E-state index in [1.807, 2.05) is 24.3 Å². The van der Waals surface area contributed by atoms with E-state index < -0.39 is 10.0 Å². The monoisotopic (exact) mass is 451 g/mol. The number of carbonyl (C=O) groups excluding carboxylic acids is 2. The molecular weight excluding hydrogens is 426 g/mol. The maximum atomic E-state index is 13.1. The third kappa shape index (κ3) is 4.51. The molecule has 3 aromatic rings. The van der Waals surface area contributed by atoms with Crippen LogP contribution in [0.3, 0.4) is 0 Å². The molecule has 7 nitrogen and oxygen atoms in total. The minimum absolute atomic E-state index is 0.000462. The first-order valence-corrected chi connectivity index (χ1v) is 11.8. The van der Waals surface area contributed by atoms with E-state index in [9.17, 15) is 18.0 Å². The molecule has 4 rings (SSSR count). The van der Waals surface area contributed by atoms with Gasteiger partial charge < -0.3 is 10.6 Å². The van der Waals surface area contributed by atoms with E-state index in [1.165, 1.54) is 20.2 Å². The van der Waals surface area contributed by atoms with Crippen LogP contribution >= 0.6 is 0 Å². The second-order valence-corrected chi connectivity index (χ2v) is 10.2. The Hall–Kier alpha value is -3.23. The molecule has 1 aliphatic carbocycles. The average Bonchev–Trinajstić information content (AvgIpc) is 3.62. The van der Waals surface area contributed by atoms with Crippen molar-refractivity contribution in [1.29, 1.82) is 0 Å². The van der Waals surface area contributed by atoms with Gasteiger partial charge in [0.2, 0.25) is 15.9 Å². The normalized spacial score (nSPS) is 13.8. The van der Waals surface area contributed by atoms with Crippen molar-refractivity contribution in [2.45, 2.75) is 24.3 Å². The Morgan fingerprint density at radius 1 is 0.969 bits per heavy atom. The van der Waals surface area contributed by atoms with Crippen LogP contribution in [0.15, 0.2) is 65.6 Å². The first-order chi connectivity index (χ1) is 15.3. The van der Waals surface area contributed by atoms with Gasteiger partial charge in [0.25, 0.3) is 5.91 Å². The Morgan fingerprint density at radius 3 is 2.25 bits per heavy atom. The van der Waals surface area contributed by atoms with Crippen LogP contribution in [-0.2, 0) is 21.4 Å². The summed E-state index contributed by atoms with van der Waals surface area (Å²) in [6, 6.07) is 17.7. The minimum Gasteiger partial charge on any atom is -0.348 e. The summed E-state index contributed by atoms with van der Waals surface area (Å²) in [6.07, 6.45) is 1.72. The van der Waals surface area contributed by atoms with Crippen molar-refractivity contribution in [2.75, 3.05) is 19.4 Å². The Kier molecular flexibility index (Phi) is 5.99. The van der Waals surface area contributed by atoms with E-state index in [0.29, 0.717) is 16.8 Å². The summed E-state index contributed by atoms with van der Waals surface area (Å²) in [5, 5.41) is 7.50. The number of hydrogen-bond acceptors (Lipinski definition) is 4. The van der Waals surface area contributed by atoms with E-state index >= 15 is 0 Å². The van der Waals surface area contributed by atoms with Gasteiger partial charge in [-0.2, -0.15) is 0 Å². The van der Waals surface area contributed by atoms with Gasteiger partial charge in [0.05, 0.1) is 16.1 Å². The number of sulfonamides is 1. The lowest BCUT2D eigenvalue weighted by atomic mass is 10.0. The molecule has 0 heterocycles. The molecule has 8 heteroatoms. The summed E-state index contributed by atoms with van der Waals surface area (Å²) >= 11 is 0. The smallest absolute Gasteiger partial charge is 0.253 e. The molecule has 0 atom stereocenters. The highest BCUT2D eigenvalue weighted by Gasteiger charge is 2.30. The molecule has 0 spiro atoms. The number of carbonyl (C=O) groups is 2. The molecule has 0 aliphatic heterocycles. The Morgan fingerprint density at radius 2 is 1.59 bits per heavy atom. The molecule has 0 radical (unpaired) electrons. The second-order valence-electron chi connectivity index (χ2n) is 8.09. The van der Waals surface area contributed by atoms with Gasteiger partial charge >= 0.3 is 0 Å². The molecule has 3 aromatic carbocycles. The molecule has 1 aliphatic rings. The quantitative estimate of drug-likeness (QED) is 0.576. The fraction of sp³-hybridized carbons (Fsp3) is 0.250. The zero-order chi connectivity index (χ0) is 22.9. The summed E-state index contributed by atoms with van der Waals surface area (Å²) in [4.78, 5) is 25.6. The third-order valence-corrected chi connectivity index (χ3v) is 7.42. The molecule has 2 amide bonds. The number of hydrogen-bond donors (Lipinski definition) is 2. The summed E-state index contributed by atoms with van der Waals surface area (Å²) in [5.41, 5.74) is 1.27. The van der Waals surface area contributed by atoms with Crippen LogP contribution in [0, 0.1) is 5.92 Å². The van der Waals surface area contributed by atoms with Crippen LogP contribution < -0.4 is 10.6 Å². The molecule has 0 unspecified atom stereocenters. The van der Waals surface area contributed by atoms with Gasteiger partial charge in [-0.3, -0.25) is 9.59 Å². The minimum atomic E-state index is -3.65. The van der Waals surface area contributed by atoms with Gasteiger partial charge in [0.15, 0.2) is 0 Å². The molecule has 2 N–H and O–H groups in total. The second kappa shape index (κ2) is 8.72. The van der Waals surface area contributed by atoms with Gasteiger partial charge in [-0.15, -0.1) is 0 Å². The number of amides is 2. The van der Waals surface area contributed by atoms with Crippen LogP contribution in [0.5, 0.6) is 0 Å². The summed E-state index contributed by atoms with van der Waals surface area (Å²) in [5.74, 6) is -0.476. The van der Waals surface area contributed by atoms with E-state index in [4.69, 9.17) is 0 Å². The molecule has 1 fully saturated rings. The molecule has 32 heavy (non-hydrogen) atoms. The predicted molar refractivity (Wildman–Crippen MR) is 124 cm³/mol. The zero-order valence-electron chi connectivity index (χ0n) is 18.0. The first-order valence-electron chi connectivity index (χ1n) is 10.4. The lowest BCUT2D eigenvalue weighted by Crippen LogP contribution is -2.28. The first kappa shape index (κ1) is 22.0. The van der Waals surface area contributed by atoms with Crippen molar-refractivity contribution >= 4 is 38.3 Å². The molecule has 1 saturated carbocycles. The number of anilines is 1. The standard InChI is InChI=1S/C24H25N3O4S/c1-27(2)32(30,31)22-10-6-5-9-19(22)15-25-24(29)20-13-17-7-3-4-8-18(17)14-21(20)26-23(28)16-11-12-16/h3-10,13-14,16H,11-12,15H2,1-2H3,(H,25,29)(H,26,28). The van der Waals surface area contributed by atoms with Crippen molar-refractivity contribution in [3.8, 4) is 0 Å². The predicted octanol–water partition coefficient (Wildman–Crippen LogP) is 3.37. The van der Waals surface area contributed by atoms with Crippen molar-refractivity contribution in [3.05, 3.63) is 71.8 Å². The van der Waals surface area contributed by atoms with E-state index in [-0.39, 0.29) is 29.2 Å². The molecule has 0 saturated heterocycles. The van der Waals surface area contributed by atoms with Crippen LogP contribution in [0.25, 0.3) is 10.8 Å². The Bertz CT molecular complexity index is 1300. The van der Waals surface area contributed by atoms with Crippen molar-refractivity contribution < 1.29 is 18.0 Å². The van der Waals surface area contributed by atoms with Crippen LogP contribution in [0.1, 0.15) is 28.8 Å². The SMILES string of the molecule is CN(C)S(=O)(=O)c1ccccc1CNC(=O)c1cc2ccccc2cc1NC(=O)C1CC1. The highest BCUT2D eigenvalue weighted by Crippen LogP contribution is 2.32. The van der Waals surface area contributed by atoms with Gasteiger partial charge in [0.1, 0.15) is 0 Å². The van der Waals surface area contributed by atoms with Gasteiger partial charge in [-0.25, -0.2) is 12.7 Å². The highest BCUT2D eigenvalue weighted by molar-refractivity contribution is 7.89. The Balaban J connectivity index is 1.62. The molecule has 166 valence electrons. The zero-order valence-corrected chi connectivity index (χ0v) is 18.8. The maximum Gasteiger partial charge on any atom is 0.253 e. The molecular formula is C24H25N3O4S. The Labute approximate surface area is 187 Å². The summed E-state index contributed by atoms with van der Waals surface area (Å²) < 4.78 is 26.4. The van der Waals surface area contributed by atoms with E-state index in [0.717, 1.165) is 27.9 Å². The van der Waals surface area contributed by atoms with Crippen molar-refractivity contribution in [1.82, 2.24) is 9.62 Å². The number of rotatable bonds is 7. The number of nitrogens with one attached hydrogen (secondary N) is 2. The number of benzene rings is 3. The fourth-order valence-electron chi connectivity index (χ4n) is 3.48. The van der Waals surface area contributed by atoms with Crippen LogP contribution in [-0.4, -0.2) is 38.6 Å². The maximum absolute atomic E-state index is 13.1. The van der Waals surface area contributed by atoms with Crippen molar-refractivity contribution in [3.63, 3.8) is 0 Å².